The molecule has 0 N–H and O–H groups in total. The van der Waals surface area contributed by atoms with Gasteiger partial charge in [-0.25, -0.2) is 18.6 Å². The number of nitrogens with zero attached hydrogens (tertiary/aromatic N) is 3. The van der Waals surface area contributed by atoms with Crippen molar-refractivity contribution in [2.45, 2.75) is 66.1 Å². The number of fused-ring (bicyclic) bond motifs is 1. The summed E-state index contributed by atoms with van der Waals surface area (Å²) in [6.45, 7) is 13.8. The zero-order valence-corrected chi connectivity index (χ0v) is 25.4. The van der Waals surface area contributed by atoms with Gasteiger partial charge in [0.2, 0.25) is 0 Å². The maximum atomic E-state index is 16.0. The highest BCUT2D eigenvalue weighted by Crippen LogP contribution is 2.41. The summed E-state index contributed by atoms with van der Waals surface area (Å²) < 4.78 is 43.1. The Morgan fingerprint density at radius 3 is 2.29 bits per heavy atom. The van der Waals surface area contributed by atoms with E-state index in [0.29, 0.717) is 33.6 Å². The van der Waals surface area contributed by atoms with Crippen molar-refractivity contribution in [3.63, 3.8) is 0 Å². The minimum absolute atomic E-state index is 0.202. The number of benzene rings is 2. The van der Waals surface area contributed by atoms with Crippen LogP contribution in [0.5, 0.6) is 0 Å². The molecule has 1 aliphatic rings. The van der Waals surface area contributed by atoms with Crippen LogP contribution in [0.2, 0.25) is 0 Å². The number of aryl methyl sites for hydroxylation is 1. The zero-order valence-electron chi connectivity index (χ0n) is 25.4. The third kappa shape index (κ3) is 5.91. The first-order chi connectivity index (χ1) is 19.8. The Kier molecular flexibility index (Phi) is 7.88. The van der Waals surface area contributed by atoms with Crippen molar-refractivity contribution in [2.24, 2.45) is 5.41 Å². The lowest BCUT2D eigenvalue weighted by atomic mass is 9.82. The number of carbonyl (C=O) groups is 1. The first kappa shape index (κ1) is 29.7. The van der Waals surface area contributed by atoms with E-state index >= 15 is 4.39 Å². The van der Waals surface area contributed by atoms with Crippen molar-refractivity contribution in [1.82, 2.24) is 9.38 Å². The molecule has 1 aliphatic heterocycles. The average Bonchev–Trinajstić information content (AvgIpc) is 3.34. The number of ether oxygens (including phenoxy) is 2. The highest BCUT2D eigenvalue weighted by Gasteiger charge is 2.36. The Labute approximate surface area is 246 Å². The number of anilines is 1. The molecule has 0 radical (unpaired) electrons. The van der Waals surface area contributed by atoms with Gasteiger partial charge in [0.15, 0.2) is 6.10 Å². The highest BCUT2D eigenvalue weighted by atomic mass is 19.1. The first-order valence-corrected chi connectivity index (χ1v) is 14.4. The molecule has 0 saturated carbocycles. The topological polar surface area (TPSA) is 56.1 Å². The molecule has 3 heterocycles. The van der Waals surface area contributed by atoms with Crippen LogP contribution in [-0.4, -0.2) is 41.2 Å². The van der Waals surface area contributed by atoms with E-state index in [-0.39, 0.29) is 11.2 Å². The van der Waals surface area contributed by atoms with Crippen molar-refractivity contribution in [3.05, 3.63) is 77.5 Å². The second-order valence-electron chi connectivity index (χ2n) is 12.9. The summed E-state index contributed by atoms with van der Waals surface area (Å²) in [5, 5.41) is 0. The number of hydrogen-bond donors (Lipinski definition) is 0. The molecule has 1 atom stereocenters. The number of aromatic nitrogens is 2. The molecular formula is C34H39F2N3O3. The Balaban J connectivity index is 1.71. The molecule has 42 heavy (non-hydrogen) atoms. The fourth-order valence-corrected chi connectivity index (χ4v) is 5.61. The molecule has 0 amide bonds. The van der Waals surface area contributed by atoms with Crippen LogP contribution in [0.15, 0.2) is 54.7 Å². The Hall–Kier alpha value is -3.78. The summed E-state index contributed by atoms with van der Waals surface area (Å²) >= 11 is 0. The van der Waals surface area contributed by atoms with Crippen LogP contribution in [0.4, 0.5) is 14.6 Å². The number of imidazole rings is 1. The monoisotopic (exact) mass is 575 g/mol. The van der Waals surface area contributed by atoms with Gasteiger partial charge < -0.3 is 14.4 Å². The van der Waals surface area contributed by atoms with Crippen LogP contribution >= 0.6 is 0 Å². The smallest absolute Gasteiger partial charge is 0.339 e. The van der Waals surface area contributed by atoms with Crippen LogP contribution in [0, 0.1) is 24.0 Å². The predicted molar refractivity (Wildman–Crippen MR) is 162 cm³/mol. The second kappa shape index (κ2) is 11.1. The van der Waals surface area contributed by atoms with Crippen molar-refractivity contribution < 1.29 is 23.0 Å². The number of halogens is 2. The van der Waals surface area contributed by atoms with Gasteiger partial charge in [-0.3, -0.25) is 4.40 Å². The molecule has 0 bridgehead atoms. The molecule has 6 nitrogen and oxygen atoms in total. The number of rotatable bonds is 6. The lowest BCUT2D eigenvalue weighted by Crippen LogP contribution is -2.40. The summed E-state index contributed by atoms with van der Waals surface area (Å²) in [5.74, 6) is -0.497. The molecule has 8 heteroatoms. The van der Waals surface area contributed by atoms with Crippen LogP contribution in [0.3, 0.4) is 0 Å². The summed E-state index contributed by atoms with van der Waals surface area (Å²) in [7, 11) is 1.37. The van der Waals surface area contributed by atoms with Crippen molar-refractivity contribution in [3.8, 4) is 22.4 Å². The van der Waals surface area contributed by atoms with Gasteiger partial charge in [0.1, 0.15) is 23.1 Å². The van der Waals surface area contributed by atoms with Crippen LogP contribution in [0.25, 0.3) is 28.0 Å². The van der Waals surface area contributed by atoms with E-state index in [4.69, 9.17) is 14.5 Å². The number of carbonyl (C=O) groups excluding carboxylic acids is 1. The van der Waals surface area contributed by atoms with Gasteiger partial charge in [-0.05, 0) is 81.3 Å². The number of pyridine rings is 1. The van der Waals surface area contributed by atoms with Gasteiger partial charge in [-0.15, -0.1) is 0 Å². The maximum Gasteiger partial charge on any atom is 0.339 e. The molecule has 0 spiro atoms. The largest absolute Gasteiger partial charge is 0.467 e. The summed E-state index contributed by atoms with van der Waals surface area (Å²) in [6, 6.07) is 12.8. The third-order valence-corrected chi connectivity index (χ3v) is 7.97. The Bertz CT molecular complexity index is 1610. The SMILES string of the molecule is COC(=O)[C@@H](OC(C)(C)C)c1c(C)cc2nc(-c3cccc(-c4ccc(F)cc4)c3F)cn2c1N1CCC(C)(C)CC1. The van der Waals surface area contributed by atoms with Crippen molar-refractivity contribution in [1.29, 1.82) is 0 Å². The fourth-order valence-electron chi connectivity index (χ4n) is 5.61. The molecule has 2 aromatic heterocycles. The minimum atomic E-state index is -0.964. The molecule has 0 unspecified atom stereocenters. The van der Waals surface area contributed by atoms with Crippen LogP contribution < -0.4 is 4.90 Å². The molecule has 0 aliphatic carbocycles. The average molecular weight is 576 g/mol. The van der Waals surface area contributed by atoms with Gasteiger partial charge in [0.25, 0.3) is 0 Å². The van der Waals surface area contributed by atoms with Gasteiger partial charge >= 0.3 is 5.97 Å². The summed E-state index contributed by atoms with van der Waals surface area (Å²) in [4.78, 5) is 20.4. The van der Waals surface area contributed by atoms with E-state index < -0.39 is 23.5 Å². The van der Waals surface area contributed by atoms with Gasteiger partial charge in [0.05, 0.1) is 18.4 Å². The van der Waals surface area contributed by atoms with E-state index in [1.165, 1.54) is 19.2 Å². The van der Waals surface area contributed by atoms with Gasteiger partial charge in [0, 0.05) is 36.0 Å². The number of piperidine rings is 1. The number of hydrogen-bond acceptors (Lipinski definition) is 5. The van der Waals surface area contributed by atoms with E-state index in [1.54, 1.807) is 30.3 Å². The zero-order chi connectivity index (χ0) is 30.4. The fraction of sp³-hybridized carbons (Fsp3) is 0.412. The standard InChI is InChI=1S/C34H39F2N3O3/c1-21-19-27-37-26(25-10-8-9-24(29(25)36)22-11-13-23(35)14-12-22)20-39(27)31(38-17-15-34(5,6)16-18-38)28(21)30(32(40)41-7)42-33(2,3)4/h8-14,19-20,30H,15-18H2,1-7H3/t30-/m0/s1. The summed E-state index contributed by atoms with van der Waals surface area (Å²) in [5.41, 5.74) is 3.50. The van der Waals surface area contributed by atoms with Crippen molar-refractivity contribution in [2.75, 3.05) is 25.1 Å². The maximum absolute atomic E-state index is 16.0. The highest BCUT2D eigenvalue weighted by molar-refractivity contribution is 5.81. The molecular weight excluding hydrogens is 536 g/mol. The van der Waals surface area contributed by atoms with Crippen LogP contribution in [-0.2, 0) is 14.3 Å². The molecule has 4 aromatic rings. The number of methoxy groups -OCH3 is 1. The molecule has 5 rings (SSSR count). The Morgan fingerprint density at radius 2 is 1.67 bits per heavy atom. The first-order valence-electron chi connectivity index (χ1n) is 14.4. The molecule has 1 saturated heterocycles. The third-order valence-electron chi connectivity index (χ3n) is 7.97. The predicted octanol–water partition coefficient (Wildman–Crippen LogP) is 7.91. The quantitative estimate of drug-likeness (QED) is 0.219. The Morgan fingerprint density at radius 1 is 1.02 bits per heavy atom. The van der Waals surface area contributed by atoms with Gasteiger partial charge in [-0.1, -0.05) is 38.1 Å². The normalized spacial score (nSPS) is 16.1. The molecule has 1 fully saturated rings. The summed E-state index contributed by atoms with van der Waals surface area (Å²) in [6.07, 6.45) is 2.81. The minimum Gasteiger partial charge on any atom is -0.467 e. The van der Waals surface area contributed by atoms with E-state index in [9.17, 15) is 9.18 Å². The van der Waals surface area contributed by atoms with Gasteiger partial charge in [-0.2, -0.15) is 0 Å². The van der Waals surface area contributed by atoms with E-state index in [2.05, 4.69) is 18.7 Å². The van der Waals surface area contributed by atoms with Crippen LogP contribution in [0.1, 0.15) is 64.7 Å². The lowest BCUT2D eigenvalue weighted by Gasteiger charge is -2.40. The second-order valence-corrected chi connectivity index (χ2v) is 12.9. The number of esters is 1. The van der Waals surface area contributed by atoms with Crippen molar-refractivity contribution >= 4 is 17.4 Å². The molecule has 222 valence electrons. The van der Waals surface area contributed by atoms with E-state index in [0.717, 1.165) is 37.3 Å². The lowest BCUT2D eigenvalue weighted by molar-refractivity contribution is -0.164. The molecule has 2 aromatic carbocycles. The van der Waals surface area contributed by atoms with E-state index in [1.807, 2.05) is 44.4 Å².